The van der Waals surface area contributed by atoms with Crippen LogP contribution in [-0.4, -0.2) is 35.6 Å². The van der Waals surface area contributed by atoms with Crippen LogP contribution in [0.5, 0.6) is 0 Å². The summed E-state index contributed by atoms with van der Waals surface area (Å²) in [4.78, 5) is 0. The van der Waals surface area contributed by atoms with E-state index in [1.807, 2.05) is 11.6 Å². The summed E-state index contributed by atoms with van der Waals surface area (Å²) in [6, 6.07) is 0.454. The Morgan fingerprint density at radius 2 is 2.29 bits per heavy atom. The summed E-state index contributed by atoms with van der Waals surface area (Å²) in [6.45, 7) is 10.0. The molecule has 120 valence electrons. The van der Waals surface area contributed by atoms with Crippen molar-refractivity contribution in [1.82, 2.24) is 15.1 Å². The van der Waals surface area contributed by atoms with Gasteiger partial charge in [-0.25, -0.2) is 0 Å². The Labute approximate surface area is 133 Å². The average molecular weight is 314 g/mol. The van der Waals surface area contributed by atoms with Crippen molar-refractivity contribution in [3.05, 3.63) is 16.4 Å². The second-order valence-corrected chi connectivity index (χ2v) is 6.36. The number of aryl methyl sites for hydroxylation is 2. The highest BCUT2D eigenvalue weighted by Crippen LogP contribution is 2.25. The fourth-order valence-electron chi connectivity index (χ4n) is 3.06. The van der Waals surface area contributed by atoms with E-state index in [0.29, 0.717) is 12.0 Å². The molecule has 1 saturated heterocycles. The van der Waals surface area contributed by atoms with Crippen molar-refractivity contribution < 1.29 is 4.74 Å². The van der Waals surface area contributed by atoms with Gasteiger partial charge in [-0.1, -0.05) is 18.5 Å². The van der Waals surface area contributed by atoms with Crippen molar-refractivity contribution >= 4 is 11.6 Å². The van der Waals surface area contributed by atoms with Gasteiger partial charge in [-0.3, -0.25) is 4.68 Å². The molecule has 5 heteroatoms. The van der Waals surface area contributed by atoms with Crippen molar-refractivity contribution in [2.75, 3.05) is 19.8 Å². The SMILES string of the molecule is CCCNC(Cc1c(Cl)c(C)nn1CC)CC1CCOC1. The predicted octanol–water partition coefficient (Wildman–Crippen LogP) is 3.20. The standard InChI is InChI=1S/C16H28ClN3O/c1-4-7-18-14(9-13-6-8-21-11-13)10-15-16(17)12(3)19-20(15)5-2/h13-14,18H,4-11H2,1-3H3. The van der Waals surface area contributed by atoms with E-state index in [2.05, 4.69) is 24.3 Å². The van der Waals surface area contributed by atoms with Crippen molar-refractivity contribution in [1.29, 1.82) is 0 Å². The Bertz CT molecular complexity index is 441. The largest absolute Gasteiger partial charge is 0.381 e. The Kier molecular flexibility index (Phi) is 6.52. The van der Waals surface area contributed by atoms with Crippen LogP contribution in [0.3, 0.4) is 0 Å². The van der Waals surface area contributed by atoms with Gasteiger partial charge >= 0.3 is 0 Å². The minimum Gasteiger partial charge on any atom is -0.381 e. The third kappa shape index (κ3) is 4.44. The van der Waals surface area contributed by atoms with Gasteiger partial charge in [0.25, 0.3) is 0 Å². The summed E-state index contributed by atoms with van der Waals surface area (Å²) in [5, 5.41) is 9.04. The van der Waals surface area contributed by atoms with Crippen molar-refractivity contribution in [3.63, 3.8) is 0 Å². The van der Waals surface area contributed by atoms with Gasteiger partial charge in [0.1, 0.15) is 0 Å². The fraction of sp³-hybridized carbons (Fsp3) is 0.812. The molecule has 0 aliphatic carbocycles. The zero-order valence-corrected chi connectivity index (χ0v) is 14.2. The van der Waals surface area contributed by atoms with Crippen LogP contribution in [0.15, 0.2) is 0 Å². The molecule has 0 radical (unpaired) electrons. The van der Waals surface area contributed by atoms with E-state index in [9.17, 15) is 0 Å². The molecule has 1 aromatic rings. The number of rotatable bonds is 8. The summed E-state index contributed by atoms with van der Waals surface area (Å²) in [5.74, 6) is 0.678. The van der Waals surface area contributed by atoms with Crippen LogP contribution < -0.4 is 5.32 Å². The number of nitrogens with one attached hydrogen (secondary N) is 1. The first-order chi connectivity index (χ1) is 10.2. The maximum Gasteiger partial charge on any atom is 0.0847 e. The normalized spacial score (nSPS) is 20.1. The third-order valence-electron chi connectivity index (χ3n) is 4.22. The van der Waals surface area contributed by atoms with E-state index in [1.54, 1.807) is 0 Å². The average Bonchev–Trinajstić information content (AvgIpc) is 3.08. The second-order valence-electron chi connectivity index (χ2n) is 5.98. The lowest BCUT2D eigenvalue weighted by molar-refractivity contribution is 0.181. The molecule has 0 spiro atoms. The van der Waals surface area contributed by atoms with Crippen molar-refractivity contribution in [2.45, 2.75) is 59.0 Å². The van der Waals surface area contributed by atoms with Gasteiger partial charge < -0.3 is 10.1 Å². The number of ether oxygens (including phenoxy) is 1. The van der Waals surface area contributed by atoms with Crippen LogP contribution in [0.4, 0.5) is 0 Å². The topological polar surface area (TPSA) is 39.1 Å². The molecule has 1 fully saturated rings. The maximum absolute atomic E-state index is 6.45. The minimum absolute atomic E-state index is 0.454. The minimum atomic E-state index is 0.454. The third-order valence-corrected chi connectivity index (χ3v) is 4.71. The number of nitrogens with zero attached hydrogens (tertiary/aromatic N) is 2. The molecule has 2 atom stereocenters. The quantitative estimate of drug-likeness (QED) is 0.801. The van der Waals surface area contributed by atoms with Gasteiger partial charge in [-0.15, -0.1) is 0 Å². The van der Waals surface area contributed by atoms with E-state index in [-0.39, 0.29) is 0 Å². The van der Waals surface area contributed by atoms with Gasteiger partial charge in [0, 0.05) is 32.2 Å². The summed E-state index contributed by atoms with van der Waals surface area (Å²) < 4.78 is 7.56. The zero-order chi connectivity index (χ0) is 15.2. The van der Waals surface area contributed by atoms with Crippen LogP contribution in [0.25, 0.3) is 0 Å². The predicted molar refractivity (Wildman–Crippen MR) is 87.0 cm³/mol. The van der Waals surface area contributed by atoms with Crippen molar-refractivity contribution in [2.24, 2.45) is 5.92 Å². The van der Waals surface area contributed by atoms with Crippen LogP contribution >= 0.6 is 11.6 Å². The molecule has 2 heterocycles. The molecule has 0 saturated carbocycles. The van der Waals surface area contributed by atoms with Gasteiger partial charge in [-0.2, -0.15) is 5.10 Å². The Morgan fingerprint density at radius 1 is 1.48 bits per heavy atom. The highest BCUT2D eigenvalue weighted by molar-refractivity contribution is 6.31. The Hall–Kier alpha value is -0.580. The molecule has 1 aliphatic heterocycles. The van der Waals surface area contributed by atoms with Gasteiger partial charge in [0.15, 0.2) is 0 Å². The first-order valence-electron chi connectivity index (χ1n) is 8.18. The molecule has 0 aromatic carbocycles. The molecular weight excluding hydrogens is 286 g/mol. The number of halogens is 1. The van der Waals surface area contributed by atoms with Gasteiger partial charge in [-0.05, 0) is 45.6 Å². The molecule has 1 aliphatic rings. The molecule has 0 amide bonds. The molecule has 1 aromatic heterocycles. The molecule has 21 heavy (non-hydrogen) atoms. The lowest BCUT2D eigenvalue weighted by Crippen LogP contribution is -2.34. The first-order valence-corrected chi connectivity index (χ1v) is 8.56. The summed E-state index contributed by atoms with van der Waals surface area (Å²) in [7, 11) is 0. The monoisotopic (exact) mass is 313 g/mol. The van der Waals surface area contributed by atoms with Gasteiger partial charge in [0.05, 0.1) is 16.4 Å². The van der Waals surface area contributed by atoms with Crippen LogP contribution in [0.1, 0.15) is 44.5 Å². The van der Waals surface area contributed by atoms with E-state index in [4.69, 9.17) is 16.3 Å². The molecular formula is C16H28ClN3O. The molecule has 0 bridgehead atoms. The molecule has 2 unspecified atom stereocenters. The number of hydrogen-bond acceptors (Lipinski definition) is 3. The highest BCUT2D eigenvalue weighted by Gasteiger charge is 2.23. The Balaban J connectivity index is 2.06. The molecule has 1 N–H and O–H groups in total. The molecule has 4 nitrogen and oxygen atoms in total. The van der Waals surface area contributed by atoms with Crippen LogP contribution in [0, 0.1) is 12.8 Å². The van der Waals surface area contributed by atoms with Gasteiger partial charge in [0.2, 0.25) is 0 Å². The lowest BCUT2D eigenvalue weighted by atomic mass is 9.96. The maximum atomic E-state index is 6.45. The van der Waals surface area contributed by atoms with E-state index >= 15 is 0 Å². The Morgan fingerprint density at radius 3 is 2.90 bits per heavy atom. The second kappa shape index (κ2) is 8.16. The van der Waals surface area contributed by atoms with Crippen LogP contribution in [0.2, 0.25) is 5.02 Å². The van der Waals surface area contributed by atoms with E-state index < -0.39 is 0 Å². The zero-order valence-electron chi connectivity index (χ0n) is 13.5. The smallest absolute Gasteiger partial charge is 0.0847 e. The summed E-state index contributed by atoms with van der Waals surface area (Å²) in [5.41, 5.74) is 2.11. The first kappa shape index (κ1) is 16.8. The van der Waals surface area contributed by atoms with Crippen LogP contribution in [-0.2, 0) is 17.7 Å². The highest BCUT2D eigenvalue weighted by atomic mass is 35.5. The lowest BCUT2D eigenvalue weighted by Gasteiger charge is -2.22. The number of aromatic nitrogens is 2. The fourth-order valence-corrected chi connectivity index (χ4v) is 3.27. The van der Waals surface area contributed by atoms with E-state index in [1.165, 1.54) is 12.1 Å². The number of hydrogen-bond donors (Lipinski definition) is 1. The summed E-state index contributed by atoms with van der Waals surface area (Å²) in [6.07, 6.45) is 4.44. The summed E-state index contributed by atoms with van der Waals surface area (Å²) >= 11 is 6.45. The van der Waals surface area contributed by atoms with Crippen molar-refractivity contribution in [3.8, 4) is 0 Å². The van der Waals surface area contributed by atoms with E-state index in [0.717, 1.165) is 56.3 Å². The molecule has 2 rings (SSSR count).